The number of H-pyrrole nitrogens is 2. The fraction of sp³-hybridized carbons (Fsp3) is 0. The quantitative estimate of drug-likeness (QED) is 0.0610. The van der Waals surface area contributed by atoms with Crippen LogP contribution in [0.4, 0.5) is 70.2 Å². The maximum absolute atomic E-state index is 16.9. The summed E-state index contributed by atoms with van der Waals surface area (Å²) in [6.07, 6.45) is 0. The second-order valence-electron chi connectivity index (χ2n) is 16.3. The number of rotatable bonds is 8. The monoisotopic (exact) mass is 1220 g/mol. The Morgan fingerprint density at radius 2 is 0.450 bits per heavy atom. The SMILES string of the molecule is O=S(=O)(O)c1cc(F)c(-c2c3nc(c(-c4c(F)cc(S(=O)(=O)O)cc4F)c4[nH]c(c(F)c4F)c(-c4c(F)cc(S(=O)(=O)O)cc4F)c4[nH]c(c(F)c4F)c(-c4c(F)cc(S(=O)(=O)O)cc4F)c4nc2C(F)=C4F)C(F)=C3F)c(F)c1. The number of aromatic amines is 2. The number of nitrogens with one attached hydrogen (secondary N) is 2. The van der Waals surface area contributed by atoms with Crippen LogP contribution in [0.25, 0.3) is 89.9 Å². The van der Waals surface area contributed by atoms with Gasteiger partial charge in [0, 0.05) is 22.3 Å². The molecule has 0 saturated carbocycles. The average Bonchev–Trinajstić information content (AvgIpc) is 3.99. The van der Waals surface area contributed by atoms with Crippen molar-refractivity contribution in [3.8, 4) is 44.5 Å². The molecule has 2 aliphatic heterocycles. The lowest BCUT2D eigenvalue weighted by molar-refractivity contribution is 0.478. The first kappa shape index (κ1) is 56.7. The number of hydrogen-bond acceptors (Lipinski definition) is 10. The van der Waals surface area contributed by atoms with E-state index in [1.54, 1.807) is 0 Å². The summed E-state index contributed by atoms with van der Waals surface area (Å²) in [5.74, 6) is -42.5. The van der Waals surface area contributed by atoms with E-state index in [1.807, 2.05) is 0 Å². The molecule has 80 heavy (non-hydrogen) atoms. The van der Waals surface area contributed by atoms with Crippen molar-refractivity contribution in [3.63, 3.8) is 0 Å². The highest BCUT2D eigenvalue weighted by atomic mass is 32.2. The van der Waals surface area contributed by atoms with Crippen molar-refractivity contribution in [3.05, 3.63) is 141 Å². The van der Waals surface area contributed by atoms with Gasteiger partial charge in [-0.1, -0.05) is 0 Å². The number of halogens is 16. The number of aromatic nitrogens is 4. The van der Waals surface area contributed by atoms with Crippen LogP contribution in [0.5, 0.6) is 0 Å². The van der Waals surface area contributed by atoms with Crippen molar-refractivity contribution in [1.29, 1.82) is 0 Å². The van der Waals surface area contributed by atoms with E-state index in [-0.39, 0.29) is 48.5 Å². The van der Waals surface area contributed by atoms with Crippen LogP contribution in [0.1, 0.15) is 22.8 Å². The van der Waals surface area contributed by atoms with Crippen LogP contribution < -0.4 is 0 Å². The summed E-state index contributed by atoms with van der Waals surface area (Å²) in [5, 5.41) is 0. The van der Waals surface area contributed by atoms with Crippen LogP contribution in [-0.4, -0.2) is 71.8 Å². The van der Waals surface area contributed by atoms with Gasteiger partial charge in [-0.05, 0) is 48.5 Å². The minimum absolute atomic E-state index is 0.356. The lowest BCUT2D eigenvalue weighted by atomic mass is 9.99. The molecule has 0 aliphatic carbocycles. The standard InChI is InChI=1S/C44H14F16N4O12S4/c45-13-1-9(77(65,66)67)2-14(46)21(13)25-37-29(53)31(55)39(61-37)26(22-15(47)3-10(4-16(22)48)78(68,69)70)41-33(57)35(59)43(63-41)28(24-19(51)7-12(8-20(24)52)80(74,75)76)44-36(60)34(58)42(64-44)27(40-32(56)30(54)38(25)62-40)23-17(49)5-11(6-18(23)50)79(71,72)73/h1-8,61-62H,(H,65,66,67)(H,68,69,70)(H,71,72,73)(H,74,75,76). The maximum atomic E-state index is 16.9. The molecule has 0 fully saturated rings. The maximum Gasteiger partial charge on any atom is 0.294 e. The van der Waals surface area contributed by atoms with Crippen molar-refractivity contribution in [2.75, 3.05) is 0 Å². The molecule has 2 aliphatic rings. The van der Waals surface area contributed by atoms with Gasteiger partial charge in [-0.15, -0.1) is 0 Å². The van der Waals surface area contributed by atoms with Crippen molar-refractivity contribution in [2.24, 2.45) is 0 Å². The molecule has 8 bridgehead atoms. The van der Waals surface area contributed by atoms with Crippen molar-refractivity contribution in [2.45, 2.75) is 19.6 Å². The normalized spacial score (nSPS) is 13.6. The van der Waals surface area contributed by atoms with E-state index in [0.29, 0.717) is 0 Å². The Morgan fingerprint density at radius 3 is 0.662 bits per heavy atom. The molecule has 0 amide bonds. The summed E-state index contributed by atoms with van der Waals surface area (Å²) < 4.78 is 400. The van der Waals surface area contributed by atoms with Gasteiger partial charge in [0.1, 0.15) is 69.3 Å². The average molecular weight is 1220 g/mol. The number of nitrogens with zero attached hydrogens (tertiary/aromatic N) is 2. The molecule has 7 aromatic rings. The Labute approximate surface area is 431 Å². The molecule has 0 atom stereocenters. The number of fused-ring (bicyclic) bond motifs is 8. The van der Waals surface area contributed by atoms with E-state index in [0.717, 1.165) is 0 Å². The predicted octanol–water partition coefficient (Wildman–Crippen LogP) is 11.2. The molecule has 418 valence electrons. The zero-order valence-corrected chi connectivity index (χ0v) is 40.5. The molecule has 16 nitrogen and oxygen atoms in total. The Morgan fingerprint density at radius 1 is 0.275 bits per heavy atom. The van der Waals surface area contributed by atoms with E-state index in [9.17, 15) is 51.9 Å². The van der Waals surface area contributed by atoms with Crippen LogP contribution in [0.15, 0.2) is 68.1 Å². The van der Waals surface area contributed by atoms with Crippen molar-refractivity contribution >= 4 is 85.8 Å². The van der Waals surface area contributed by atoms with Crippen LogP contribution >= 0.6 is 0 Å². The fourth-order valence-electron chi connectivity index (χ4n) is 8.29. The zero-order valence-electron chi connectivity index (χ0n) is 37.2. The molecule has 9 rings (SSSR count). The molecule has 36 heteroatoms. The lowest BCUT2D eigenvalue weighted by Crippen LogP contribution is -2.04. The number of benzene rings is 4. The largest absolute Gasteiger partial charge is 0.349 e. The molecule has 6 N–H and O–H groups in total. The Bertz CT molecular complexity index is 4500. The van der Waals surface area contributed by atoms with Gasteiger partial charge in [0.15, 0.2) is 46.6 Å². The van der Waals surface area contributed by atoms with E-state index >= 15 is 70.2 Å². The minimum atomic E-state index is -5.73. The molecule has 5 heterocycles. The summed E-state index contributed by atoms with van der Waals surface area (Å²) in [7, 11) is -22.9. The summed E-state index contributed by atoms with van der Waals surface area (Å²) >= 11 is 0. The minimum Gasteiger partial charge on any atom is -0.349 e. The van der Waals surface area contributed by atoms with Crippen molar-refractivity contribution in [1.82, 2.24) is 19.9 Å². The molecule has 0 spiro atoms. The summed E-state index contributed by atoms with van der Waals surface area (Å²) in [4.78, 5) is 2.53. The molecule has 0 unspecified atom stereocenters. The summed E-state index contributed by atoms with van der Waals surface area (Å²) in [6.45, 7) is 0. The first-order valence-corrected chi connectivity index (χ1v) is 26.2. The van der Waals surface area contributed by atoms with E-state index in [2.05, 4.69) is 9.97 Å². The molecule has 4 aromatic carbocycles. The van der Waals surface area contributed by atoms with E-state index < -0.39 is 243 Å². The molecule has 0 saturated heterocycles. The van der Waals surface area contributed by atoms with E-state index in [4.69, 9.17) is 0 Å². The second-order valence-corrected chi connectivity index (χ2v) is 22.0. The molecule has 0 radical (unpaired) electrons. The zero-order chi connectivity index (χ0) is 59.3. The lowest BCUT2D eigenvalue weighted by Gasteiger charge is -2.11. The van der Waals surface area contributed by atoms with Crippen molar-refractivity contribution < 1.29 is 122 Å². The third-order valence-corrected chi connectivity index (χ3v) is 15.0. The Hall–Kier alpha value is -8.00. The second kappa shape index (κ2) is 18.8. The highest BCUT2D eigenvalue weighted by Crippen LogP contribution is 2.51. The van der Waals surface area contributed by atoms with E-state index in [1.165, 1.54) is 9.97 Å². The van der Waals surface area contributed by atoms with Gasteiger partial charge in [-0.2, -0.15) is 33.7 Å². The first-order valence-electron chi connectivity index (χ1n) is 20.4. The number of hydrogen-bond donors (Lipinski definition) is 6. The third-order valence-electron chi connectivity index (χ3n) is 11.6. The van der Waals surface area contributed by atoms with Crippen LogP contribution in [0.2, 0.25) is 0 Å². The highest BCUT2D eigenvalue weighted by molar-refractivity contribution is 7.86. The van der Waals surface area contributed by atoms with Gasteiger partial charge in [0.2, 0.25) is 0 Å². The summed E-state index contributed by atoms with van der Waals surface area (Å²) in [5.41, 5.74) is -35.3. The van der Waals surface area contributed by atoms with Crippen LogP contribution in [0.3, 0.4) is 0 Å². The molecular weight excluding hydrogens is 1210 g/mol. The van der Waals surface area contributed by atoms with Gasteiger partial charge >= 0.3 is 0 Å². The van der Waals surface area contributed by atoms with Gasteiger partial charge in [0.25, 0.3) is 40.5 Å². The summed E-state index contributed by atoms with van der Waals surface area (Å²) in [6, 6.07) is -2.92. The first-order chi connectivity index (χ1) is 36.9. The van der Waals surface area contributed by atoms with Gasteiger partial charge in [-0.3, -0.25) is 18.2 Å². The smallest absolute Gasteiger partial charge is 0.294 e. The van der Waals surface area contributed by atoms with Crippen LogP contribution in [0, 0.1) is 69.8 Å². The fourth-order valence-corrected chi connectivity index (χ4v) is 10.3. The van der Waals surface area contributed by atoms with Gasteiger partial charge < -0.3 is 9.97 Å². The topological polar surface area (TPSA) is 275 Å². The van der Waals surface area contributed by atoms with Crippen LogP contribution in [-0.2, 0) is 40.5 Å². The Balaban J connectivity index is 1.69. The Kier molecular flexibility index (Phi) is 13.3. The third kappa shape index (κ3) is 9.04. The highest BCUT2D eigenvalue weighted by Gasteiger charge is 2.40. The van der Waals surface area contributed by atoms with Gasteiger partial charge in [-0.25, -0.2) is 80.2 Å². The molecule has 3 aromatic heterocycles. The predicted molar refractivity (Wildman–Crippen MR) is 240 cm³/mol. The molecular formula is C44H14F16N4O12S4. The van der Waals surface area contributed by atoms with Gasteiger partial charge in [0.05, 0.1) is 63.9 Å².